The lowest BCUT2D eigenvalue weighted by atomic mass is 9.97. The van der Waals surface area contributed by atoms with Gasteiger partial charge in [-0.1, -0.05) is 42.5 Å². The highest BCUT2D eigenvalue weighted by Crippen LogP contribution is 2.39. The number of halogens is 1. The van der Waals surface area contributed by atoms with Gasteiger partial charge in [0.1, 0.15) is 5.82 Å². The van der Waals surface area contributed by atoms with E-state index in [0.29, 0.717) is 11.8 Å². The average Bonchev–Trinajstić information content (AvgIpc) is 3.14. The van der Waals surface area contributed by atoms with Crippen LogP contribution in [0.2, 0.25) is 0 Å². The summed E-state index contributed by atoms with van der Waals surface area (Å²) in [5, 5.41) is 0.168. The Morgan fingerprint density at radius 2 is 1.72 bits per heavy atom. The van der Waals surface area contributed by atoms with Crippen LogP contribution >= 0.6 is 0 Å². The number of carbonyl (C=O) groups is 2. The monoisotopic (exact) mass is 451 g/mol. The number of fused-ring (bicyclic) bond motifs is 1. The molecule has 0 aliphatic rings. The molecular formula is C24H18FNO5S. The largest absolute Gasteiger partial charge is 0.461 e. The molecule has 0 N–H and O–H groups in total. The van der Waals surface area contributed by atoms with Gasteiger partial charge in [-0.2, -0.15) is 0 Å². The second kappa shape index (κ2) is 8.39. The van der Waals surface area contributed by atoms with E-state index in [1.54, 1.807) is 43.3 Å². The Bertz CT molecular complexity index is 1440. The standard InChI is InChI=1S/C24H18FNO5S/c1-2-31-24(28)23-22(19-11-7-6-8-16(19)15-27)20-14-17(25)12-13-21(20)26(23)32(29,30)18-9-4-3-5-10-18/h3-15H,2H2,1H3. The summed E-state index contributed by atoms with van der Waals surface area (Å²) >= 11 is 0. The van der Waals surface area contributed by atoms with Crippen LogP contribution in [0.4, 0.5) is 4.39 Å². The van der Waals surface area contributed by atoms with Crippen molar-refractivity contribution >= 4 is 33.2 Å². The molecule has 0 atom stereocenters. The molecule has 0 fully saturated rings. The van der Waals surface area contributed by atoms with Crippen molar-refractivity contribution in [1.82, 2.24) is 3.97 Å². The average molecular weight is 451 g/mol. The third kappa shape index (κ3) is 3.48. The van der Waals surface area contributed by atoms with Crippen molar-refractivity contribution in [1.29, 1.82) is 0 Å². The lowest BCUT2D eigenvalue weighted by Gasteiger charge is -2.13. The quantitative estimate of drug-likeness (QED) is 0.314. The molecule has 4 aromatic rings. The van der Waals surface area contributed by atoms with Gasteiger partial charge in [-0.25, -0.2) is 21.6 Å². The number of nitrogens with zero attached hydrogens (tertiary/aromatic N) is 1. The van der Waals surface area contributed by atoms with Gasteiger partial charge < -0.3 is 4.74 Å². The van der Waals surface area contributed by atoms with Crippen molar-refractivity contribution in [3.63, 3.8) is 0 Å². The fourth-order valence-corrected chi connectivity index (χ4v) is 5.20. The summed E-state index contributed by atoms with van der Waals surface area (Å²) < 4.78 is 47.6. The van der Waals surface area contributed by atoms with Gasteiger partial charge in [0.05, 0.1) is 17.0 Å². The number of benzene rings is 3. The lowest BCUT2D eigenvalue weighted by Crippen LogP contribution is -2.20. The Labute approximate surface area is 183 Å². The van der Waals surface area contributed by atoms with E-state index in [4.69, 9.17) is 4.74 Å². The van der Waals surface area contributed by atoms with Gasteiger partial charge in [0.15, 0.2) is 12.0 Å². The number of rotatable bonds is 6. The van der Waals surface area contributed by atoms with Crippen molar-refractivity contribution in [2.24, 2.45) is 0 Å². The van der Waals surface area contributed by atoms with Crippen LogP contribution in [-0.2, 0) is 14.8 Å². The van der Waals surface area contributed by atoms with E-state index >= 15 is 0 Å². The number of hydrogen-bond acceptors (Lipinski definition) is 5. The van der Waals surface area contributed by atoms with Crippen molar-refractivity contribution in [2.45, 2.75) is 11.8 Å². The molecule has 0 unspecified atom stereocenters. The van der Waals surface area contributed by atoms with E-state index in [9.17, 15) is 22.4 Å². The van der Waals surface area contributed by atoms with Crippen LogP contribution < -0.4 is 0 Å². The van der Waals surface area contributed by atoms with Gasteiger partial charge in [-0.3, -0.25) is 4.79 Å². The van der Waals surface area contributed by atoms with E-state index in [2.05, 4.69) is 0 Å². The predicted molar refractivity (Wildman–Crippen MR) is 118 cm³/mol. The number of aromatic nitrogens is 1. The van der Waals surface area contributed by atoms with Crippen molar-refractivity contribution in [2.75, 3.05) is 6.61 Å². The number of ether oxygens (including phenoxy) is 1. The minimum atomic E-state index is -4.27. The highest BCUT2D eigenvalue weighted by molar-refractivity contribution is 7.90. The zero-order chi connectivity index (χ0) is 22.9. The second-order valence-corrected chi connectivity index (χ2v) is 8.68. The van der Waals surface area contributed by atoms with E-state index in [-0.39, 0.29) is 39.2 Å². The summed E-state index contributed by atoms with van der Waals surface area (Å²) in [6.45, 7) is 1.59. The number of carbonyl (C=O) groups excluding carboxylic acids is 2. The molecule has 32 heavy (non-hydrogen) atoms. The summed E-state index contributed by atoms with van der Waals surface area (Å²) in [5.74, 6) is -1.52. The molecule has 0 amide bonds. The molecule has 3 aromatic carbocycles. The van der Waals surface area contributed by atoms with Crippen LogP contribution in [0.3, 0.4) is 0 Å². The molecule has 0 saturated carbocycles. The minimum Gasteiger partial charge on any atom is -0.461 e. The van der Waals surface area contributed by atoms with Crippen LogP contribution in [-0.4, -0.2) is 31.3 Å². The number of hydrogen-bond donors (Lipinski definition) is 0. The molecule has 162 valence electrons. The second-order valence-electron chi connectivity index (χ2n) is 6.89. The molecule has 0 aliphatic carbocycles. The highest BCUT2D eigenvalue weighted by Gasteiger charge is 2.33. The van der Waals surface area contributed by atoms with Gasteiger partial charge in [-0.05, 0) is 42.8 Å². The van der Waals surface area contributed by atoms with Gasteiger partial charge in [0, 0.05) is 16.5 Å². The fraction of sp³-hybridized carbons (Fsp3) is 0.0833. The van der Waals surface area contributed by atoms with Crippen LogP contribution in [0, 0.1) is 5.82 Å². The predicted octanol–water partition coefficient (Wildman–Crippen LogP) is 4.67. The summed E-state index contributed by atoms with van der Waals surface area (Å²) in [7, 11) is -4.27. The molecule has 8 heteroatoms. The molecule has 1 heterocycles. The Morgan fingerprint density at radius 1 is 1.03 bits per heavy atom. The molecule has 0 bridgehead atoms. The first-order valence-corrected chi connectivity index (χ1v) is 11.2. The van der Waals surface area contributed by atoms with E-state index in [1.807, 2.05) is 0 Å². The van der Waals surface area contributed by atoms with Gasteiger partial charge >= 0.3 is 5.97 Å². The highest BCUT2D eigenvalue weighted by atomic mass is 32.2. The summed E-state index contributed by atoms with van der Waals surface area (Å²) in [6, 6.07) is 17.5. The SMILES string of the molecule is CCOC(=O)c1c(-c2ccccc2C=O)c2cc(F)ccc2n1S(=O)(=O)c1ccccc1. The van der Waals surface area contributed by atoms with Crippen LogP contribution in [0.25, 0.3) is 22.0 Å². The van der Waals surface area contributed by atoms with Gasteiger partial charge in [-0.15, -0.1) is 0 Å². The van der Waals surface area contributed by atoms with Gasteiger partial charge in [0.2, 0.25) is 0 Å². The molecule has 0 radical (unpaired) electrons. The number of esters is 1. The third-order valence-electron chi connectivity index (χ3n) is 4.99. The Balaban J connectivity index is 2.22. The molecule has 4 rings (SSSR count). The van der Waals surface area contributed by atoms with E-state index < -0.39 is 21.8 Å². The van der Waals surface area contributed by atoms with Crippen LogP contribution in [0.1, 0.15) is 27.8 Å². The first-order valence-electron chi connectivity index (χ1n) is 9.76. The molecular weight excluding hydrogens is 433 g/mol. The third-order valence-corrected chi connectivity index (χ3v) is 6.72. The van der Waals surface area contributed by atoms with Crippen molar-refractivity contribution in [3.8, 4) is 11.1 Å². The maximum Gasteiger partial charge on any atom is 0.356 e. The normalized spacial score (nSPS) is 11.4. The molecule has 0 saturated heterocycles. The van der Waals surface area contributed by atoms with Crippen LogP contribution in [0.5, 0.6) is 0 Å². The van der Waals surface area contributed by atoms with Crippen molar-refractivity contribution < 1.29 is 27.1 Å². The topological polar surface area (TPSA) is 82.4 Å². The summed E-state index contributed by atoms with van der Waals surface area (Å²) in [4.78, 5) is 24.8. The Kier molecular flexibility index (Phi) is 5.63. The maximum atomic E-state index is 14.3. The van der Waals surface area contributed by atoms with Crippen LogP contribution in [0.15, 0.2) is 77.7 Å². The van der Waals surface area contributed by atoms with Gasteiger partial charge in [0.25, 0.3) is 10.0 Å². The molecule has 6 nitrogen and oxygen atoms in total. The minimum absolute atomic E-state index is 0.00509. The lowest BCUT2D eigenvalue weighted by molar-refractivity contribution is 0.0519. The maximum absolute atomic E-state index is 14.3. The van der Waals surface area contributed by atoms with E-state index in [1.165, 1.54) is 24.3 Å². The smallest absolute Gasteiger partial charge is 0.356 e. The van der Waals surface area contributed by atoms with Crippen molar-refractivity contribution in [3.05, 3.63) is 89.9 Å². The molecule has 0 spiro atoms. The molecule has 1 aromatic heterocycles. The molecule has 0 aliphatic heterocycles. The number of aldehydes is 1. The zero-order valence-electron chi connectivity index (χ0n) is 17.0. The first-order chi connectivity index (χ1) is 15.4. The summed E-state index contributed by atoms with van der Waals surface area (Å²) in [5.41, 5.74) is 0.418. The Morgan fingerprint density at radius 3 is 2.41 bits per heavy atom. The van der Waals surface area contributed by atoms with E-state index in [0.717, 1.165) is 16.1 Å². The summed E-state index contributed by atoms with van der Waals surface area (Å²) in [6.07, 6.45) is 0.596. The Hall–Kier alpha value is -3.78. The fourth-order valence-electron chi connectivity index (χ4n) is 3.67. The first kappa shape index (κ1) is 21.5. The zero-order valence-corrected chi connectivity index (χ0v) is 17.8.